The van der Waals surface area contributed by atoms with Crippen molar-refractivity contribution >= 4 is 35.0 Å². The van der Waals surface area contributed by atoms with Crippen LogP contribution in [0.4, 0.5) is 5.69 Å². The summed E-state index contributed by atoms with van der Waals surface area (Å²) in [5.74, 6) is -1.08. The number of nitrogens with zero attached hydrogens (tertiary/aromatic N) is 1. The van der Waals surface area contributed by atoms with Crippen LogP contribution >= 0.6 is 11.6 Å². The molecule has 2 unspecified atom stereocenters. The highest BCUT2D eigenvalue weighted by atomic mass is 35.5. The van der Waals surface area contributed by atoms with Crippen molar-refractivity contribution in [1.29, 1.82) is 0 Å². The quantitative estimate of drug-likeness (QED) is 0.597. The van der Waals surface area contributed by atoms with Gasteiger partial charge in [0.15, 0.2) is 0 Å². The summed E-state index contributed by atoms with van der Waals surface area (Å²) in [6.45, 7) is 5.75. The first-order valence-corrected chi connectivity index (χ1v) is 11.0. The first kappa shape index (κ1) is 23.8. The van der Waals surface area contributed by atoms with E-state index in [4.69, 9.17) is 11.6 Å². The standard InChI is InChI=1S/C24H29ClN4O3/c1-14(2)20(28-22(30)15(3)26-4)24(32)29-13-16-9-5-6-10-17(16)21(29)23(31)27-19-12-8-7-11-18(19)25/h5-12,14-15,20-21,26H,13H2,1-4H3,(H,27,31)(H,28,30)/t15?,20?,21-/m0/s1. The lowest BCUT2D eigenvalue weighted by atomic mass is 10.0. The summed E-state index contributed by atoms with van der Waals surface area (Å²) in [5.41, 5.74) is 2.15. The molecule has 8 heteroatoms. The van der Waals surface area contributed by atoms with Gasteiger partial charge in [-0.05, 0) is 43.1 Å². The summed E-state index contributed by atoms with van der Waals surface area (Å²) in [4.78, 5) is 41.0. The van der Waals surface area contributed by atoms with E-state index in [2.05, 4.69) is 16.0 Å². The van der Waals surface area contributed by atoms with Gasteiger partial charge in [-0.1, -0.05) is 61.8 Å². The molecule has 2 aromatic carbocycles. The molecular weight excluding hydrogens is 428 g/mol. The van der Waals surface area contributed by atoms with Crippen molar-refractivity contribution in [2.75, 3.05) is 12.4 Å². The Balaban J connectivity index is 1.91. The number of likely N-dealkylation sites (N-methyl/N-ethyl adjacent to an activating group) is 1. The van der Waals surface area contributed by atoms with Crippen molar-refractivity contribution < 1.29 is 14.4 Å². The molecule has 0 radical (unpaired) electrons. The zero-order valence-corrected chi connectivity index (χ0v) is 19.4. The summed E-state index contributed by atoms with van der Waals surface area (Å²) in [5, 5.41) is 8.99. The second kappa shape index (κ2) is 10.1. The maximum Gasteiger partial charge on any atom is 0.251 e. The topological polar surface area (TPSA) is 90.5 Å². The van der Waals surface area contributed by atoms with Crippen LogP contribution in [0.3, 0.4) is 0 Å². The van der Waals surface area contributed by atoms with Crippen molar-refractivity contribution in [3.05, 3.63) is 64.7 Å². The number of fused-ring (bicyclic) bond motifs is 1. The number of halogens is 1. The number of anilines is 1. The van der Waals surface area contributed by atoms with E-state index in [0.29, 0.717) is 10.7 Å². The molecule has 1 aliphatic heterocycles. The number of benzene rings is 2. The predicted octanol–water partition coefficient (Wildman–Crippen LogP) is 3.11. The van der Waals surface area contributed by atoms with Crippen LogP contribution in [0, 0.1) is 5.92 Å². The average Bonchev–Trinajstić information content (AvgIpc) is 3.17. The highest BCUT2D eigenvalue weighted by molar-refractivity contribution is 6.33. The lowest BCUT2D eigenvalue weighted by Gasteiger charge is -2.31. The fraction of sp³-hybridized carbons (Fsp3) is 0.375. The third kappa shape index (κ3) is 4.95. The molecule has 3 rings (SSSR count). The molecule has 0 fully saturated rings. The Hall–Kier alpha value is -2.90. The van der Waals surface area contributed by atoms with Crippen molar-refractivity contribution in [3.63, 3.8) is 0 Å². The number of carbonyl (C=O) groups excluding carboxylic acids is 3. The van der Waals surface area contributed by atoms with Crippen LogP contribution in [-0.2, 0) is 20.9 Å². The molecule has 7 nitrogen and oxygen atoms in total. The molecule has 1 heterocycles. The number of nitrogens with one attached hydrogen (secondary N) is 3. The molecule has 0 saturated carbocycles. The number of carbonyl (C=O) groups is 3. The number of amides is 3. The molecule has 0 spiro atoms. The van der Waals surface area contributed by atoms with Gasteiger partial charge in [-0.2, -0.15) is 0 Å². The molecule has 2 aromatic rings. The molecule has 3 N–H and O–H groups in total. The molecule has 32 heavy (non-hydrogen) atoms. The smallest absolute Gasteiger partial charge is 0.251 e. The van der Waals surface area contributed by atoms with Crippen LogP contribution in [0.1, 0.15) is 37.9 Å². The SMILES string of the molecule is CNC(C)C(=O)NC(C(=O)N1Cc2ccccc2[C@H]1C(=O)Nc1ccccc1Cl)C(C)C. The Bertz CT molecular complexity index is 1010. The van der Waals surface area contributed by atoms with Crippen molar-refractivity contribution in [1.82, 2.24) is 15.5 Å². The third-order valence-corrected chi connectivity index (χ3v) is 6.05. The zero-order valence-electron chi connectivity index (χ0n) is 18.7. The normalized spacial score (nSPS) is 16.9. The number of rotatable bonds is 7. The van der Waals surface area contributed by atoms with E-state index in [-0.39, 0.29) is 30.2 Å². The Labute approximate surface area is 193 Å². The van der Waals surface area contributed by atoms with E-state index in [9.17, 15) is 14.4 Å². The molecule has 0 saturated heterocycles. The maximum absolute atomic E-state index is 13.6. The van der Waals surface area contributed by atoms with E-state index in [1.807, 2.05) is 38.1 Å². The Kier molecular flexibility index (Phi) is 7.53. The lowest BCUT2D eigenvalue weighted by Crippen LogP contribution is -2.55. The van der Waals surface area contributed by atoms with Gasteiger partial charge in [0.25, 0.3) is 5.91 Å². The Morgan fingerprint density at radius 2 is 1.69 bits per heavy atom. The van der Waals surface area contributed by atoms with Crippen LogP contribution in [0.25, 0.3) is 0 Å². The van der Waals surface area contributed by atoms with Gasteiger partial charge in [0.1, 0.15) is 12.1 Å². The second-order valence-corrected chi connectivity index (χ2v) is 8.68. The predicted molar refractivity (Wildman–Crippen MR) is 125 cm³/mol. The number of para-hydroxylation sites is 1. The van der Waals surface area contributed by atoms with Crippen LogP contribution in [0.5, 0.6) is 0 Å². The van der Waals surface area contributed by atoms with E-state index in [0.717, 1.165) is 11.1 Å². The van der Waals surface area contributed by atoms with Gasteiger partial charge in [-0.3, -0.25) is 14.4 Å². The molecule has 1 aliphatic rings. The Morgan fingerprint density at radius 3 is 2.34 bits per heavy atom. The molecular formula is C24H29ClN4O3. The summed E-state index contributed by atoms with van der Waals surface area (Å²) in [6, 6.07) is 12.4. The van der Waals surface area contributed by atoms with E-state index < -0.39 is 18.1 Å². The van der Waals surface area contributed by atoms with Gasteiger partial charge < -0.3 is 20.9 Å². The van der Waals surface area contributed by atoms with Crippen LogP contribution < -0.4 is 16.0 Å². The summed E-state index contributed by atoms with van der Waals surface area (Å²) < 4.78 is 0. The van der Waals surface area contributed by atoms with E-state index in [1.165, 1.54) is 4.90 Å². The first-order valence-electron chi connectivity index (χ1n) is 10.7. The number of hydrogen-bond acceptors (Lipinski definition) is 4. The molecule has 170 valence electrons. The van der Waals surface area contributed by atoms with E-state index >= 15 is 0 Å². The summed E-state index contributed by atoms with van der Waals surface area (Å²) in [7, 11) is 1.68. The lowest BCUT2D eigenvalue weighted by molar-refractivity contribution is -0.143. The first-order chi connectivity index (χ1) is 15.2. The van der Waals surface area contributed by atoms with Crippen LogP contribution in [0.2, 0.25) is 5.02 Å². The van der Waals surface area contributed by atoms with Gasteiger partial charge in [-0.15, -0.1) is 0 Å². The fourth-order valence-corrected chi connectivity index (χ4v) is 3.92. The molecule has 0 aromatic heterocycles. The largest absolute Gasteiger partial charge is 0.343 e. The van der Waals surface area contributed by atoms with Gasteiger partial charge in [0, 0.05) is 6.54 Å². The van der Waals surface area contributed by atoms with Crippen molar-refractivity contribution in [2.45, 2.75) is 45.4 Å². The Morgan fingerprint density at radius 1 is 1.03 bits per heavy atom. The minimum absolute atomic E-state index is 0.161. The number of hydrogen-bond donors (Lipinski definition) is 3. The molecule has 0 bridgehead atoms. The van der Waals surface area contributed by atoms with Crippen LogP contribution in [0.15, 0.2) is 48.5 Å². The summed E-state index contributed by atoms with van der Waals surface area (Å²) >= 11 is 6.22. The van der Waals surface area contributed by atoms with Gasteiger partial charge in [0.2, 0.25) is 11.8 Å². The zero-order chi connectivity index (χ0) is 23.4. The maximum atomic E-state index is 13.6. The average molecular weight is 457 g/mol. The highest BCUT2D eigenvalue weighted by Gasteiger charge is 2.42. The molecule has 3 amide bonds. The minimum atomic E-state index is -0.824. The van der Waals surface area contributed by atoms with Gasteiger partial charge >= 0.3 is 0 Å². The monoisotopic (exact) mass is 456 g/mol. The second-order valence-electron chi connectivity index (χ2n) is 8.28. The van der Waals surface area contributed by atoms with Crippen LogP contribution in [-0.4, -0.2) is 41.8 Å². The molecule has 0 aliphatic carbocycles. The van der Waals surface area contributed by atoms with Gasteiger partial charge in [0.05, 0.1) is 16.8 Å². The highest BCUT2D eigenvalue weighted by Crippen LogP contribution is 2.36. The third-order valence-electron chi connectivity index (χ3n) is 5.72. The van der Waals surface area contributed by atoms with Crippen molar-refractivity contribution in [3.8, 4) is 0 Å². The van der Waals surface area contributed by atoms with Gasteiger partial charge in [-0.25, -0.2) is 0 Å². The summed E-state index contributed by atoms with van der Waals surface area (Å²) in [6.07, 6.45) is 0. The van der Waals surface area contributed by atoms with E-state index in [1.54, 1.807) is 38.2 Å². The van der Waals surface area contributed by atoms with Crippen molar-refractivity contribution in [2.24, 2.45) is 5.92 Å². The molecule has 3 atom stereocenters. The minimum Gasteiger partial charge on any atom is -0.343 e. The fourth-order valence-electron chi connectivity index (χ4n) is 3.74.